The number of hydrogen-bond acceptors (Lipinski definition) is 3. The predicted octanol–water partition coefficient (Wildman–Crippen LogP) is 5.83. The van der Waals surface area contributed by atoms with E-state index in [1.807, 2.05) is 18.2 Å². The van der Waals surface area contributed by atoms with Gasteiger partial charge in [0.2, 0.25) is 0 Å². The molecule has 0 radical (unpaired) electrons. The lowest BCUT2D eigenvalue weighted by molar-refractivity contribution is -0.152. The molecule has 3 heteroatoms. The zero-order chi connectivity index (χ0) is 20.7. The highest BCUT2D eigenvalue weighted by Gasteiger charge is 2.53. The van der Waals surface area contributed by atoms with Crippen LogP contribution in [0.1, 0.15) is 55.7 Å². The van der Waals surface area contributed by atoms with Crippen molar-refractivity contribution in [3.05, 3.63) is 77.4 Å². The Morgan fingerprint density at radius 2 is 1.93 bits per heavy atom. The smallest absolute Gasteiger partial charge is 0.303 e. The summed E-state index contributed by atoms with van der Waals surface area (Å²) >= 11 is 0. The van der Waals surface area contributed by atoms with E-state index in [0.29, 0.717) is 24.4 Å². The van der Waals surface area contributed by atoms with Crippen molar-refractivity contribution < 1.29 is 14.3 Å². The van der Waals surface area contributed by atoms with Crippen LogP contribution in [0.5, 0.6) is 5.75 Å². The molecule has 3 aliphatic carbocycles. The van der Waals surface area contributed by atoms with Gasteiger partial charge in [0.1, 0.15) is 18.5 Å². The van der Waals surface area contributed by atoms with Gasteiger partial charge in [0.25, 0.3) is 0 Å². The topological polar surface area (TPSA) is 35.5 Å². The van der Waals surface area contributed by atoms with Crippen LogP contribution in [0, 0.1) is 17.3 Å². The van der Waals surface area contributed by atoms with Gasteiger partial charge in [-0.05, 0) is 78.3 Å². The van der Waals surface area contributed by atoms with E-state index in [1.165, 1.54) is 30.0 Å². The molecule has 5 atom stereocenters. The number of rotatable bonds is 4. The van der Waals surface area contributed by atoms with Gasteiger partial charge < -0.3 is 9.47 Å². The second-order valence-electron chi connectivity index (χ2n) is 9.43. The molecule has 30 heavy (non-hydrogen) atoms. The maximum absolute atomic E-state index is 11.6. The van der Waals surface area contributed by atoms with Crippen LogP contribution >= 0.6 is 0 Å². The summed E-state index contributed by atoms with van der Waals surface area (Å²) in [6, 6.07) is 17.0. The number of ether oxygens (including phenoxy) is 2. The van der Waals surface area contributed by atoms with Crippen LogP contribution < -0.4 is 4.74 Å². The van der Waals surface area contributed by atoms with E-state index in [1.54, 1.807) is 0 Å². The van der Waals surface area contributed by atoms with E-state index in [9.17, 15) is 4.79 Å². The number of allylic oxidation sites excluding steroid dienone is 1. The van der Waals surface area contributed by atoms with Crippen molar-refractivity contribution in [3.8, 4) is 5.75 Å². The van der Waals surface area contributed by atoms with Gasteiger partial charge in [-0.15, -0.1) is 0 Å². The molecule has 0 amide bonds. The maximum atomic E-state index is 11.6. The van der Waals surface area contributed by atoms with Crippen molar-refractivity contribution in [2.75, 3.05) is 0 Å². The molecule has 0 N–H and O–H groups in total. The molecule has 3 aliphatic rings. The van der Waals surface area contributed by atoms with Crippen molar-refractivity contribution in [1.82, 2.24) is 0 Å². The molecule has 0 heterocycles. The average Bonchev–Trinajstić information content (AvgIpc) is 3.08. The third-order valence-electron chi connectivity index (χ3n) is 7.68. The van der Waals surface area contributed by atoms with Crippen LogP contribution in [0.25, 0.3) is 0 Å². The van der Waals surface area contributed by atoms with Gasteiger partial charge in [0.15, 0.2) is 0 Å². The number of aryl methyl sites for hydroxylation is 1. The first-order valence-electron chi connectivity index (χ1n) is 11.2. The molecule has 156 valence electrons. The number of carbonyl (C=O) groups is 1. The molecule has 0 aliphatic heterocycles. The van der Waals surface area contributed by atoms with E-state index in [4.69, 9.17) is 9.47 Å². The number of esters is 1. The standard InChI is InChI=1S/C27H30O3/c1-18(28)30-26-13-12-25-24-10-8-20-16-21(29-17-19-6-4-3-5-7-19)9-11-22(20)23(24)14-15-27(25,26)2/h3-7,9,11-13,16,23-26H,8,10,14-15,17H2,1-2H3. The Morgan fingerprint density at radius 1 is 1.10 bits per heavy atom. The minimum atomic E-state index is -0.175. The Hall–Kier alpha value is -2.55. The molecule has 0 spiro atoms. The Bertz CT molecular complexity index is 963. The van der Waals surface area contributed by atoms with Gasteiger partial charge in [0, 0.05) is 12.3 Å². The minimum absolute atomic E-state index is 0.0447. The molecular formula is C27H30O3. The van der Waals surface area contributed by atoms with Crippen LogP contribution in [-0.2, 0) is 22.6 Å². The fourth-order valence-electron chi connectivity index (χ4n) is 6.15. The highest BCUT2D eigenvalue weighted by Crippen LogP contribution is 2.59. The zero-order valence-corrected chi connectivity index (χ0v) is 17.8. The number of carbonyl (C=O) groups excluding carboxylic acids is 1. The molecular weight excluding hydrogens is 372 g/mol. The summed E-state index contributed by atoms with van der Waals surface area (Å²) in [5.74, 6) is 2.50. The summed E-state index contributed by atoms with van der Waals surface area (Å²) in [4.78, 5) is 11.6. The van der Waals surface area contributed by atoms with Crippen molar-refractivity contribution >= 4 is 5.97 Å². The normalized spacial score (nSPS) is 31.4. The number of hydrogen-bond donors (Lipinski definition) is 0. The number of fused-ring (bicyclic) bond motifs is 5. The van der Waals surface area contributed by atoms with Gasteiger partial charge in [-0.1, -0.05) is 49.4 Å². The predicted molar refractivity (Wildman–Crippen MR) is 117 cm³/mol. The highest BCUT2D eigenvalue weighted by atomic mass is 16.5. The minimum Gasteiger partial charge on any atom is -0.489 e. The summed E-state index contributed by atoms with van der Waals surface area (Å²) in [5.41, 5.74) is 4.19. The van der Waals surface area contributed by atoms with Crippen molar-refractivity contribution in [3.63, 3.8) is 0 Å². The Labute approximate surface area is 179 Å². The average molecular weight is 403 g/mol. The van der Waals surface area contributed by atoms with Crippen LogP contribution in [0.4, 0.5) is 0 Å². The third-order valence-corrected chi connectivity index (χ3v) is 7.68. The van der Waals surface area contributed by atoms with Crippen LogP contribution in [0.15, 0.2) is 60.7 Å². The Morgan fingerprint density at radius 3 is 2.73 bits per heavy atom. The van der Waals surface area contributed by atoms with E-state index in [2.05, 4.69) is 49.4 Å². The van der Waals surface area contributed by atoms with E-state index in [-0.39, 0.29) is 17.5 Å². The quantitative estimate of drug-likeness (QED) is 0.477. The Kier molecular flexibility index (Phi) is 4.92. The van der Waals surface area contributed by atoms with Gasteiger partial charge >= 0.3 is 5.97 Å². The van der Waals surface area contributed by atoms with Crippen molar-refractivity contribution in [2.45, 2.75) is 58.2 Å². The molecule has 0 bridgehead atoms. The summed E-state index contributed by atoms with van der Waals surface area (Å²) in [5, 5.41) is 0. The largest absolute Gasteiger partial charge is 0.489 e. The highest BCUT2D eigenvalue weighted by molar-refractivity contribution is 5.66. The van der Waals surface area contributed by atoms with Crippen LogP contribution in [-0.4, -0.2) is 12.1 Å². The molecule has 2 aromatic carbocycles. The third kappa shape index (κ3) is 3.34. The SMILES string of the molecule is CC(=O)OC1C=CC2C3CCc4cc(OCc5ccccc5)ccc4C3CCC12C. The van der Waals surface area contributed by atoms with E-state index >= 15 is 0 Å². The fraction of sp³-hybridized carbons (Fsp3) is 0.444. The van der Waals surface area contributed by atoms with Gasteiger partial charge in [-0.3, -0.25) is 4.79 Å². The molecule has 3 nitrogen and oxygen atoms in total. The first kappa shape index (κ1) is 19.4. The summed E-state index contributed by atoms with van der Waals surface area (Å²) in [6.45, 7) is 4.44. The maximum Gasteiger partial charge on any atom is 0.303 e. The Balaban J connectivity index is 1.33. The molecule has 0 aromatic heterocycles. The molecule has 1 fully saturated rings. The first-order valence-corrected chi connectivity index (χ1v) is 11.2. The summed E-state index contributed by atoms with van der Waals surface area (Å²) in [6.07, 6.45) is 8.95. The lowest BCUT2D eigenvalue weighted by atomic mass is 9.55. The lowest BCUT2D eigenvalue weighted by Gasteiger charge is -2.50. The zero-order valence-electron chi connectivity index (χ0n) is 17.8. The fourth-order valence-corrected chi connectivity index (χ4v) is 6.15. The van der Waals surface area contributed by atoms with Gasteiger partial charge in [-0.25, -0.2) is 0 Å². The molecule has 5 unspecified atom stereocenters. The van der Waals surface area contributed by atoms with Crippen molar-refractivity contribution in [1.29, 1.82) is 0 Å². The van der Waals surface area contributed by atoms with Gasteiger partial charge in [0.05, 0.1) is 0 Å². The lowest BCUT2D eigenvalue weighted by Crippen LogP contribution is -2.45. The first-order chi connectivity index (χ1) is 14.5. The van der Waals surface area contributed by atoms with E-state index < -0.39 is 0 Å². The second-order valence-corrected chi connectivity index (χ2v) is 9.43. The van der Waals surface area contributed by atoms with E-state index in [0.717, 1.165) is 25.0 Å². The summed E-state index contributed by atoms with van der Waals surface area (Å²) < 4.78 is 11.7. The van der Waals surface area contributed by atoms with Crippen LogP contribution in [0.3, 0.4) is 0 Å². The second kappa shape index (κ2) is 7.61. The molecule has 0 saturated heterocycles. The molecule has 5 rings (SSSR count). The molecule has 1 saturated carbocycles. The number of benzene rings is 2. The monoisotopic (exact) mass is 402 g/mol. The van der Waals surface area contributed by atoms with Crippen molar-refractivity contribution in [2.24, 2.45) is 17.3 Å². The summed E-state index contributed by atoms with van der Waals surface area (Å²) in [7, 11) is 0. The molecule has 2 aromatic rings. The van der Waals surface area contributed by atoms with Crippen LogP contribution in [0.2, 0.25) is 0 Å². The van der Waals surface area contributed by atoms with Gasteiger partial charge in [-0.2, -0.15) is 0 Å².